The molecule has 212 valence electrons. The van der Waals surface area contributed by atoms with Gasteiger partial charge in [-0.1, -0.05) is 36.4 Å². The Labute approximate surface area is 235 Å². The van der Waals surface area contributed by atoms with Crippen LogP contribution in [0.15, 0.2) is 78.8 Å². The van der Waals surface area contributed by atoms with Crippen LogP contribution in [0, 0.1) is 0 Å². The zero-order valence-electron chi connectivity index (χ0n) is 22.5. The molecule has 0 N–H and O–H groups in total. The van der Waals surface area contributed by atoms with E-state index in [1.54, 1.807) is 55.9 Å². The third-order valence-corrected chi connectivity index (χ3v) is 7.65. The van der Waals surface area contributed by atoms with Crippen molar-refractivity contribution in [2.45, 2.75) is 50.5 Å². The van der Waals surface area contributed by atoms with Gasteiger partial charge in [0.15, 0.2) is 6.61 Å². The maximum atomic E-state index is 14.2. The first kappa shape index (κ1) is 27.1. The molecule has 2 aliphatic rings. The molecule has 1 unspecified atom stereocenters. The first-order valence-corrected chi connectivity index (χ1v) is 13.7. The number of pyridine rings is 1. The number of ether oxygens (including phenoxy) is 3. The van der Waals surface area contributed by atoms with Gasteiger partial charge in [-0.25, -0.2) is 4.98 Å². The lowest BCUT2D eigenvalue weighted by molar-refractivity contribution is -0.153. The van der Waals surface area contributed by atoms with Crippen molar-refractivity contribution >= 4 is 33.3 Å². The maximum absolute atomic E-state index is 14.2. The number of nitrogens with zero attached hydrogens (tertiary/aromatic N) is 2. The molecule has 0 spiro atoms. The van der Waals surface area contributed by atoms with Crippen molar-refractivity contribution in [1.82, 2.24) is 9.55 Å². The van der Waals surface area contributed by atoms with Crippen LogP contribution in [0.4, 0.5) is 13.2 Å². The number of hydrogen-bond donors (Lipinski definition) is 0. The van der Waals surface area contributed by atoms with E-state index in [1.807, 2.05) is 18.2 Å². The SMILES string of the molecule is COC1CC=C(c2cn(C(=O)c3c(OCC(F)(F)F)ccc4ccccc34)c3ncccc23)C=C1OC1CCCC1. The monoisotopic (exact) mass is 562 g/mol. The molecule has 2 heterocycles. The van der Waals surface area contributed by atoms with Gasteiger partial charge in [-0.2, -0.15) is 13.2 Å². The summed E-state index contributed by atoms with van der Waals surface area (Å²) in [6.07, 6.45) is 7.58. The highest BCUT2D eigenvalue weighted by Gasteiger charge is 2.31. The molecule has 2 aromatic heterocycles. The fourth-order valence-electron chi connectivity index (χ4n) is 5.68. The van der Waals surface area contributed by atoms with Crippen molar-refractivity contribution in [1.29, 1.82) is 0 Å². The number of alkyl halides is 3. The second-order valence-corrected chi connectivity index (χ2v) is 10.3. The highest BCUT2D eigenvalue weighted by atomic mass is 19.4. The molecule has 0 radical (unpaired) electrons. The molecule has 1 atom stereocenters. The van der Waals surface area contributed by atoms with Gasteiger partial charge in [0.2, 0.25) is 0 Å². The number of fused-ring (bicyclic) bond motifs is 2. The van der Waals surface area contributed by atoms with E-state index in [1.165, 1.54) is 10.6 Å². The van der Waals surface area contributed by atoms with E-state index in [0.29, 0.717) is 22.8 Å². The van der Waals surface area contributed by atoms with Crippen LogP contribution in [0.25, 0.3) is 27.4 Å². The van der Waals surface area contributed by atoms with Crippen molar-refractivity contribution in [2.75, 3.05) is 13.7 Å². The minimum Gasteiger partial charge on any atom is -0.492 e. The van der Waals surface area contributed by atoms with E-state index in [-0.39, 0.29) is 23.5 Å². The fourth-order valence-corrected chi connectivity index (χ4v) is 5.68. The van der Waals surface area contributed by atoms with Crippen molar-refractivity contribution in [3.63, 3.8) is 0 Å². The van der Waals surface area contributed by atoms with Crippen LogP contribution in [0.2, 0.25) is 0 Å². The molecule has 1 saturated carbocycles. The van der Waals surface area contributed by atoms with Gasteiger partial charge in [-0.3, -0.25) is 9.36 Å². The lowest BCUT2D eigenvalue weighted by Gasteiger charge is -2.25. The first-order chi connectivity index (χ1) is 19.8. The third-order valence-electron chi connectivity index (χ3n) is 7.65. The van der Waals surface area contributed by atoms with E-state index in [9.17, 15) is 18.0 Å². The van der Waals surface area contributed by atoms with Crippen molar-refractivity contribution in [2.24, 2.45) is 0 Å². The van der Waals surface area contributed by atoms with Gasteiger partial charge < -0.3 is 14.2 Å². The van der Waals surface area contributed by atoms with E-state index >= 15 is 0 Å². The lowest BCUT2D eigenvalue weighted by atomic mass is 9.97. The largest absolute Gasteiger partial charge is 0.492 e. The molecule has 4 aromatic rings. The Balaban J connectivity index is 1.44. The standard InChI is InChI=1S/C32H29F3N2O4/c1-39-26-14-13-21(17-28(26)41-22-8-3-4-9-22)25-18-37(30-24(25)11-6-16-36-30)31(38)29-23-10-5-2-7-20(23)12-15-27(29)40-19-32(33,34)35/h2,5-7,10-13,15-18,22,26H,3-4,8-9,14,19H2,1H3. The topological polar surface area (TPSA) is 62.6 Å². The van der Waals surface area contributed by atoms with E-state index in [2.05, 4.69) is 4.98 Å². The summed E-state index contributed by atoms with van der Waals surface area (Å²) in [5.74, 6) is 0.0775. The molecule has 6 rings (SSSR count). The Bertz CT molecular complexity index is 1660. The summed E-state index contributed by atoms with van der Waals surface area (Å²) in [5, 5.41) is 1.93. The molecular weight excluding hydrogens is 533 g/mol. The molecule has 2 aliphatic carbocycles. The van der Waals surface area contributed by atoms with Gasteiger partial charge >= 0.3 is 6.18 Å². The number of carbonyl (C=O) groups is 1. The van der Waals surface area contributed by atoms with Crippen LogP contribution >= 0.6 is 0 Å². The first-order valence-electron chi connectivity index (χ1n) is 13.7. The summed E-state index contributed by atoms with van der Waals surface area (Å²) in [4.78, 5) is 18.7. The second-order valence-electron chi connectivity index (χ2n) is 10.3. The lowest BCUT2D eigenvalue weighted by Crippen LogP contribution is -2.22. The average Bonchev–Trinajstić information content (AvgIpc) is 3.63. The van der Waals surface area contributed by atoms with Crippen LogP contribution in [-0.4, -0.2) is 47.6 Å². The van der Waals surface area contributed by atoms with E-state index in [0.717, 1.165) is 48.0 Å². The smallest absolute Gasteiger partial charge is 0.422 e. The number of allylic oxidation sites excluding steroid dienone is 2. The van der Waals surface area contributed by atoms with E-state index < -0.39 is 18.7 Å². The molecule has 0 saturated heterocycles. The van der Waals surface area contributed by atoms with Crippen LogP contribution in [0.3, 0.4) is 0 Å². The predicted molar refractivity (Wildman–Crippen MR) is 150 cm³/mol. The zero-order valence-corrected chi connectivity index (χ0v) is 22.5. The van der Waals surface area contributed by atoms with Crippen molar-refractivity contribution < 1.29 is 32.2 Å². The number of methoxy groups -OCH3 is 1. The predicted octanol–water partition coefficient (Wildman–Crippen LogP) is 7.46. The summed E-state index contributed by atoms with van der Waals surface area (Å²) in [6, 6.07) is 13.8. The normalized spacial score (nSPS) is 18.0. The minimum absolute atomic E-state index is 0.0410. The van der Waals surface area contributed by atoms with Crippen molar-refractivity contribution in [3.05, 3.63) is 90.0 Å². The number of benzene rings is 2. The molecule has 0 amide bonds. The molecule has 0 bridgehead atoms. The highest BCUT2D eigenvalue weighted by molar-refractivity contribution is 6.13. The van der Waals surface area contributed by atoms with Gasteiger partial charge in [-0.15, -0.1) is 0 Å². The summed E-state index contributed by atoms with van der Waals surface area (Å²) < 4.78 is 57.8. The van der Waals surface area contributed by atoms with E-state index in [4.69, 9.17) is 14.2 Å². The van der Waals surface area contributed by atoms with Crippen LogP contribution < -0.4 is 4.74 Å². The number of rotatable bonds is 7. The summed E-state index contributed by atoms with van der Waals surface area (Å²) in [7, 11) is 1.66. The van der Waals surface area contributed by atoms with Crippen molar-refractivity contribution in [3.8, 4) is 5.75 Å². The number of halogens is 3. The average molecular weight is 563 g/mol. The Hall–Kier alpha value is -4.11. The maximum Gasteiger partial charge on any atom is 0.422 e. The van der Waals surface area contributed by atoms with Crippen LogP contribution in [0.5, 0.6) is 5.75 Å². The van der Waals surface area contributed by atoms with Crippen LogP contribution in [0.1, 0.15) is 48.0 Å². The quantitative estimate of drug-likeness (QED) is 0.234. The Kier molecular flexibility index (Phi) is 7.30. The van der Waals surface area contributed by atoms with Gasteiger partial charge in [0.25, 0.3) is 5.91 Å². The molecule has 41 heavy (non-hydrogen) atoms. The molecule has 6 nitrogen and oxygen atoms in total. The summed E-state index contributed by atoms with van der Waals surface area (Å²) in [6.45, 7) is -1.51. The molecule has 2 aromatic carbocycles. The molecule has 0 aliphatic heterocycles. The Morgan fingerprint density at radius 3 is 2.61 bits per heavy atom. The van der Waals surface area contributed by atoms with Gasteiger partial charge in [0, 0.05) is 30.5 Å². The number of aromatic nitrogens is 2. The Morgan fingerprint density at radius 1 is 1.05 bits per heavy atom. The third kappa shape index (κ3) is 5.46. The molecular formula is C32H29F3N2O4. The van der Waals surface area contributed by atoms with Gasteiger partial charge in [-0.05, 0) is 72.7 Å². The summed E-state index contributed by atoms with van der Waals surface area (Å²) in [5.41, 5.74) is 2.06. The number of carbonyl (C=O) groups excluding carboxylic acids is 1. The Morgan fingerprint density at radius 2 is 1.83 bits per heavy atom. The molecule has 1 fully saturated rings. The minimum atomic E-state index is -4.56. The number of hydrogen-bond acceptors (Lipinski definition) is 5. The van der Waals surface area contributed by atoms with Gasteiger partial charge in [0.05, 0.1) is 11.7 Å². The van der Waals surface area contributed by atoms with Gasteiger partial charge in [0.1, 0.15) is 23.3 Å². The zero-order chi connectivity index (χ0) is 28.6. The molecule has 9 heteroatoms. The fraction of sp³-hybridized carbons (Fsp3) is 0.312. The highest BCUT2D eigenvalue weighted by Crippen LogP contribution is 2.36. The van der Waals surface area contributed by atoms with Crippen LogP contribution in [-0.2, 0) is 9.47 Å². The summed E-state index contributed by atoms with van der Waals surface area (Å²) >= 11 is 0. The second kappa shape index (κ2) is 11.0.